The lowest BCUT2D eigenvalue weighted by molar-refractivity contribution is -0.139. The number of hydrogen-bond acceptors (Lipinski definition) is 4. The van der Waals surface area contributed by atoms with Gasteiger partial charge < -0.3 is 5.32 Å². The maximum Gasteiger partial charge on any atom is 0.416 e. The van der Waals surface area contributed by atoms with Crippen LogP contribution >= 0.6 is 0 Å². The van der Waals surface area contributed by atoms with Crippen LogP contribution in [-0.2, 0) is 17.1 Å². The third-order valence-electron chi connectivity index (χ3n) is 5.49. The summed E-state index contributed by atoms with van der Waals surface area (Å²) >= 11 is 0. The summed E-state index contributed by atoms with van der Waals surface area (Å²) in [6.45, 7) is -0.182. The third kappa shape index (κ3) is 4.40. The zero-order valence-corrected chi connectivity index (χ0v) is 17.8. The highest BCUT2D eigenvalue weighted by molar-refractivity contribution is 6.05. The number of carbonyl (C=O) groups excluding carboxylic acids is 2. The van der Waals surface area contributed by atoms with Gasteiger partial charge >= 0.3 is 18.4 Å². The Kier molecular flexibility index (Phi) is 5.72. The molecule has 3 amide bonds. The second-order valence-corrected chi connectivity index (χ2v) is 7.83. The number of hydrogen-bond donors (Lipinski definition) is 2. The molecule has 1 atom stereocenters. The number of rotatable bonds is 2. The Balaban J connectivity index is 1.93. The Morgan fingerprint density at radius 2 is 1.74 bits per heavy atom. The van der Waals surface area contributed by atoms with Gasteiger partial charge in [0.2, 0.25) is 0 Å². The average Bonchev–Trinajstić information content (AvgIpc) is 2.76. The van der Waals surface area contributed by atoms with E-state index >= 15 is 0 Å². The fraction of sp³-hybridized carbons (Fsp3) is 0.227. The van der Waals surface area contributed by atoms with E-state index in [0.29, 0.717) is 12.1 Å². The van der Waals surface area contributed by atoms with Gasteiger partial charge in [0, 0.05) is 7.05 Å². The molecular weight excluding hydrogens is 480 g/mol. The van der Waals surface area contributed by atoms with E-state index in [0.717, 1.165) is 29.2 Å². The third-order valence-corrected chi connectivity index (χ3v) is 5.49. The standard InChI is InChI=1S/C22H15F6N5O2/c1-32-10-16-17(19(34)31-32)18(14-6-5-11(9-29)7-15(14)22(26,27)28)30-20(35)33(16)13-4-2-3-12(8-13)21(23,24)25/h2-8,18H,10H2,1H3,(H,30,35)(H,31,34)/t18-/m1/s1. The van der Waals surface area contributed by atoms with Crippen molar-refractivity contribution in [3.8, 4) is 6.07 Å². The predicted molar refractivity (Wildman–Crippen MR) is 109 cm³/mol. The number of amides is 3. The number of urea groups is 1. The SMILES string of the molecule is CN1CC2=C(C(=O)N1)[C@@H](c1ccc(C#N)cc1C(F)(F)F)NC(=O)N2c1cccc(C(F)(F)F)c1. The van der Waals surface area contributed by atoms with Crippen LogP contribution in [0.3, 0.4) is 0 Å². The summed E-state index contributed by atoms with van der Waals surface area (Å²) < 4.78 is 81.3. The van der Waals surface area contributed by atoms with E-state index in [9.17, 15) is 35.9 Å². The number of nitriles is 1. The van der Waals surface area contributed by atoms with Crippen molar-refractivity contribution in [3.63, 3.8) is 0 Å². The number of hydrazine groups is 1. The lowest BCUT2D eigenvalue weighted by Gasteiger charge is -2.41. The van der Waals surface area contributed by atoms with Gasteiger partial charge in [0.1, 0.15) is 0 Å². The van der Waals surface area contributed by atoms with Crippen LogP contribution in [0.2, 0.25) is 0 Å². The Hall–Kier alpha value is -4.05. The molecule has 7 nitrogen and oxygen atoms in total. The second-order valence-electron chi connectivity index (χ2n) is 7.83. The van der Waals surface area contributed by atoms with Gasteiger partial charge in [0.05, 0.1) is 52.3 Å². The Morgan fingerprint density at radius 1 is 1.03 bits per heavy atom. The molecular formula is C22H15F6N5O2. The molecule has 4 rings (SSSR count). The molecule has 2 heterocycles. The monoisotopic (exact) mass is 495 g/mol. The molecule has 0 aliphatic carbocycles. The van der Waals surface area contributed by atoms with E-state index in [1.165, 1.54) is 18.1 Å². The normalized spacial score (nSPS) is 19.1. The fourth-order valence-electron chi connectivity index (χ4n) is 4.04. The highest BCUT2D eigenvalue weighted by Crippen LogP contribution is 2.42. The van der Waals surface area contributed by atoms with Crippen LogP contribution in [0.25, 0.3) is 0 Å². The van der Waals surface area contributed by atoms with Crippen molar-refractivity contribution in [3.05, 3.63) is 76.0 Å². The minimum absolute atomic E-state index is 0.0817. The Morgan fingerprint density at radius 3 is 2.37 bits per heavy atom. The van der Waals surface area contributed by atoms with Crippen molar-refractivity contribution in [2.75, 3.05) is 18.5 Å². The van der Waals surface area contributed by atoms with Crippen molar-refractivity contribution in [1.29, 1.82) is 5.26 Å². The van der Waals surface area contributed by atoms with E-state index in [1.54, 1.807) is 6.07 Å². The Labute approximate surface area is 194 Å². The second kappa shape index (κ2) is 8.31. The molecule has 0 saturated carbocycles. The van der Waals surface area contributed by atoms with Crippen LogP contribution < -0.4 is 15.6 Å². The molecule has 182 valence electrons. The molecule has 0 bridgehead atoms. The van der Waals surface area contributed by atoms with Gasteiger partial charge in [-0.15, -0.1) is 0 Å². The lowest BCUT2D eigenvalue weighted by atomic mass is 9.88. The highest BCUT2D eigenvalue weighted by atomic mass is 19.4. The van der Waals surface area contributed by atoms with Gasteiger partial charge in [-0.3, -0.25) is 15.1 Å². The molecule has 2 aliphatic heterocycles. The van der Waals surface area contributed by atoms with Crippen molar-refractivity contribution in [1.82, 2.24) is 15.8 Å². The highest BCUT2D eigenvalue weighted by Gasteiger charge is 2.45. The van der Waals surface area contributed by atoms with Crippen LogP contribution in [0, 0.1) is 11.3 Å². The molecule has 35 heavy (non-hydrogen) atoms. The van der Waals surface area contributed by atoms with Crippen molar-refractivity contribution >= 4 is 17.6 Å². The van der Waals surface area contributed by atoms with E-state index in [1.807, 2.05) is 0 Å². The van der Waals surface area contributed by atoms with Gasteiger partial charge in [0.25, 0.3) is 5.91 Å². The predicted octanol–water partition coefficient (Wildman–Crippen LogP) is 4.10. The van der Waals surface area contributed by atoms with Crippen LogP contribution in [0.4, 0.5) is 36.8 Å². The number of carbonyl (C=O) groups is 2. The number of benzene rings is 2. The van der Waals surface area contributed by atoms with Crippen molar-refractivity contribution in [2.24, 2.45) is 0 Å². The lowest BCUT2D eigenvalue weighted by Crippen LogP contribution is -2.57. The minimum atomic E-state index is -4.92. The maximum absolute atomic E-state index is 13.8. The summed E-state index contributed by atoms with van der Waals surface area (Å²) in [7, 11) is 1.43. The summed E-state index contributed by atoms with van der Waals surface area (Å²) in [5.74, 6) is -0.840. The first-order valence-corrected chi connectivity index (χ1v) is 9.95. The van der Waals surface area contributed by atoms with Crippen LogP contribution in [0.15, 0.2) is 53.7 Å². The number of alkyl halides is 6. The summed E-state index contributed by atoms with van der Waals surface area (Å²) in [6.07, 6.45) is -9.64. The number of nitrogens with zero attached hydrogens (tertiary/aromatic N) is 3. The number of likely N-dealkylation sites (N-methyl/N-ethyl adjacent to an activating group) is 1. The first-order valence-electron chi connectivity index (χ1n) is 9.95. The smallest absolute Gasteiger partial charge is 0.326 e. The zero-order valence-electron chi connectivity index (χ0n) is 17.8. The molecule has 0 aromatic heterocycles. The van der Waals surface area contributed by atoms with Crippen LogP contribution in [0.5, 0.6) is 0 Å². The molecule has 2 aromatic carbocycles. The Bertz CT molecular complexity index is 1290. The molecule has 0 unspecified atom stereocenters. The summed E-state index contributed by atoms with van der Waals surface area (Å²) in [5.41, 5.74) is -1.19. The molecule has 2 aromatic rings. The number of anilines is 1. The fourth-order valence-corrected chi connectivity index (χ4v) is 4.04. The van der Waals surface area contributed by atoms with Crippen LogP contribution in [0.1, 0.15) is 28.3 Å². The van der Waals surface area contributed by atoms with Gasteiger partial charge in [-0.1, -0.05) is 12.1 Å². The summed E-state index contributed by atoms with van der Waals surface area (Å²) in [4.78, 5) is 26.9. The van der Waals surface area contributed by atoms with Gasteiger partial charge in [-0.2, -0.15) is 31.6 Å². The van der Waals surface area contributed by atoms with Crippen molar-refractivity contribution < 1.29 is 35.9 Å². The van der Waals surface area contributed by atoms with E-state index < -0.39 is 47.0 Å². The van der Waals surface area contributed by atoms with E-state index in [-0.39, 0.29) is 29.1 Å². The average molecular weight is 495 g/mol. The van der Waals surface area contributed by atoms with Gasteiger partial charge in [0.15, 0.2) is 0 Å². The molecule has 0 spiro atoms. The molecule has 0 fully saturated rings. The maximum atomic E-state index is 13.8. The van der Waals surface area contributed by atoms with E-state index in [2.05, 4.69) is 10.7 Å². The molecule has 2 aliphatic rings. The minimum Gasteiger partial charge on any atom is -0.326 e. The number of halogens is 6. The molecule has 0 radical (unpaired) electrons. The molecule has 13 heteroatoms. The topological polar surface area (TPSA) is 88.5 Å². The first kappa shape index (κ1) is 24.1. The number of nitrogens with one attached hydrogen (secondary N) is 2. The van der Waals surface area contributed by atoms with Crippen LogP contribution in [-0.4, -0.2) is 30.5 Å². The van der Waals surface area contributed by atoms with E-state index in [4.69, 9.17) is 5.26 Å². The van der Waals surface area contributed by atoms with Crippen molar-refractivity contribution in [2.45, 2.75) is 18.4 Å². The van der Waals surface area contributed by atoms with Gasteiger partial charge in [-0.05, 0) is 35.9 Å². The quantitative estimate of drug-likeness (QED) is 0.615. The largest absolute Gasteiger partial charge is 0.416 e. The molecule has 0 saturated heterocycles. The summed E-state index contributed by atoms with van der Waals surface area (Å²) in [6, 6.07) is 5.53. The van der Waals surface area contributed by atoms with Gasteiger partial charge in [-0.25, -0.2) is 9.80 Å². The first-order chi connectivity index (χ1) is 16.3. The molecule has 2 N–H and O–H groups in total. The zero-order chi connectivity index (χ0) is 25.7. The summed E-state index contributed by atoms with van der Waals surface area (Å²) in [5, 5.41) is 12.6.